The molecule has 1 N–H and O–H groups in total. The van der Waals surface area contributed by atoms with Crippen molar-refractivity contribution in [3.05, 3.63) is 78.1 Å². The van der Waals surface area contributed by atoms with Gasteiger partial charge < -0.3 is 13.9 Å². The Morgan fingerprint density at radius 1 is 1.03 bits per heavy atom. The molecular weight excluding hydrogens is 382 g/mol. The number of amides is 1. The molecule has 0 bridgehead atoms. The van der Waals surface area contributed by atoms with Gasteiger partial charge in [-0.15, -0.1) is 0 Å². The Kier molecular flexibility index (Phi) is 5.43. The maximum atomic E-state index is 12.9. The predicted molar refractivity (Wildman–Crippen MR) is 114 cm³/mol. The lowest BCUT2D eigenvalue weighted by Gasteiger charge is -2.08. The Bertz CT molecular complexity index is 1220. The first kappa shape index (κ1) is 19.2. The van der Waals surface area contributed by atoms with Crippen LogP contribution in [0.3, 0.4) is 0 Å². The molecule has 0 spiro atoms. The lowest BCUT2D eigenvalue weighted by atomic mass is 10.1. The lowest BCUT2D eigenvalue weighted by Crippen LogP contribution is -2.18. The van der Waals surface area contributed by atoms with Crippen LogP contribution in [0, 0.1) is 0 Å². The van der Waals surface area contributed by atoms with Crippen LogP contribution in [-0.2, 0) is 0 Å². The summed E-state index contributed by atoms with van der Waals surface area (Å²) in [7, 11) is 3.13. The van der Waals surface area contributed by atoms with Crippen molar-refractivity contribution in [2.45, 2.75) is 0 Å². The average molecular weight is 401 g/mol. The Labute approximate surface area is 173 Å². The normalized spacial score (nSPS) is 11.0. The number of carbonyl (C=O) groups excluding carboxylic acids is 1. The quantitative estimate of drug-likeness (QED) is 0.385. The highest BCUT2D eigenvalue weighted by atomic mass is 16.5. The van der Waals surface area contributed by atoms with Gasteiger partial charge in [0, 0.05) is 5.39 Å². The average Bonchev–Trinajstić information content (AvgIpc) is 3.33. The van der Waals surface area contributed by atoms with Gasteiger partial charge >= 0.3 is 0 Å². The van der Waals surface area contributed by atoms with E-state index in [2.05, 4.69) is 15.5 Å². The first-order valence-electron chi connectivity index (χ1n) is 9.18. The molecule has 0 saturated carbocycles. The monoisotopic (exact) mass is 401 g/mol. The van der Waals surface area contributed by atoms with E-state index in [4.69, 9.17) is 13.9 Å². The molecule has 2 aromatic carbocycles. The number of ether oxygens (including phenoxy) is 2. The van der Waals surface area contributed by atoms with Crippen molar-refractivity contribution < 1.29 is 18.7 Å². The summed E-state index contributed by atoms with van der Waals surface area (Å²) in [6.45, 7) is 0. The first-order chi connectivity index (χ1) is 14.7. The summed E-state index contributed by atoms with van der Waals surface area (Å²) in [4.78, 5) is 17.5. The molecule has 0 radical (unpaired) electrons. The Morgan fingerprint density at radius 2 is 1.87 bits per heavy atom. The zero-order valence-corrected chi connectivity index (χ0v) is 16.5. The molecule has 2 heterocycles. The van der Waals surface area contributed by atoms with Crippen LogP contribution < -0.4 is 14.9 Å². The number of furan rings is 1. The fourth-order valence-electron chi connectivity index (χ4n) is 3.07. The number of benzene rings is 2. The standard InChI is InChI=1S/C23H19N3O4/c1-28-21-10-9-15(12-22(21)29-2)14-24-26-23(27)17-13-19(20-8-5-11-30-20)25-18-7-4-3-6-16(17)18/h3-14H,1-2H3,(H,26,27)/b24-14-. The molecular formula is C23H19N3O4. The molecule has 1 amide bonds. The van der Waals surface area contributed by atoms with E-state index in [1.54, 1.807) is 50.8 Å². The number of aromatic nitrogens is 1. The van der Waals surface area contributed by atoms with Crippen LogP contribution in [0.2, 0.25) is 0 Å². The highest BCUT2D eigenvalue weighted by Gasteiger charge is 2.14. The number of methoxy groups -OCH3 is 2. The van der Waals surface area contributed by atoms with Crippen molar-refractivity contribution in [1.29, 1.82) is 0 Å². The highest BCUT2D eigenvalue weighted by Crippen LogP contribution is 2.27. The smallest absolute Gasteiger partial charge is 0.272 e. The van der Waals surface area contributed by atoms with E-state index in [1.807, 2.05) is 30.3 Å². The molecule has 0 aliphatic rings. The van der Waals surface area contributed by atoms with Gasteiger partial charge in [-0.25, -0.2) is 10.4 Å². The van der Waals surface area contributed by atoms with Gasteiger partial charge in [0.05, 0.1) is 37.8 Å². The number of rotatable bonds is 6. The number of carbonyl (C=O) groups is 1. The van der Waals surface area contributed by atoms with E-state index in [0.717, 1.165) is 10.9 Å². The summed E-state index contributed by atoms with van der Waals surface area (Å²) in [5, 5.41) is 4.81. The molecule has 7 nitrogen and oxygen atoms in total. The Balaban J connectivity index is 1.61. The van der Waals surface area contributed by atoms with E-state index < -0.39 is 0 Å². The van der Waals surface area contributed by atoms with Crippen LogP contribution in [0.1, 0.15) is 15.9 Å². The molecule has 0 fully saturated rings. The van der Waals surface area contributed by atoms with Gasteiger partial charge in [-0.2, -0.15) is 5.10 Å². The van der Waals surface area contributed by atoms with Crippen LogP contribution in [0.25, 0.3) is 22.4 Å². The summed E-state index contributed by atoms with van der Waals surface area (Å²) < 4.78 is 15.9. The van der Waals surface area contributed by atoms with Gasteiger partial charge in [-0.1, -0.05) is 18.2 Å². The van der Waals surface area contributed by atoms with Gasteiger partial charge in [0.2, 0.25) is 0 Å². The van der Waals surface area contributed by atoms with Gasteiger partial charge in [-0.3, -0.25) is 4.79 Å². The molecule has 4 rings (SSSR count). The Hall–Kier alpha value is -4.13. The topological polar surface area (TPSA) is 86.0 Å². The number of nitrogens with one attached hydrogen (secondary N) is 1. The zero-order chi connectivity index (χ0) is 20.9. The third kappa shape index (κ3) is 3.86. The minimum atomic E-state index is -0.349. The molecule has 2 aromatic heterocycles. The third-order valence-corrected chi connectivity index (χ3v) is 4.52. The number of pyridine rings is 1. The van der Waals surface area contributed by atoms with Gasteiger partial charge in [-0.05, 0) is 48.0 Å². The summed E-state index contributed by atoms with van der Waals surface area (Å²) in [6, 6.07) is 18.1. The number of hydrazone groups is 1. The molecule has 0 aliphatic heterocycles. The van der Waals surface area contributed by atoms with E-state index in [0.29, 0.717) is 34.0 Å². The van der Waals surface area contributed by atoms with Crippen LogP contribution in [0.4, 0.5) is 0 Å². The van der Waals surface area contributed by atoms with Crippen molar-refractivity contribution in [3.8, 4) is 23.0 Å². The second-order valence-corrected chi connectivity index (χ2v) is 6.36. The molecule has 7 heteroatoms. The lowest BCUT2D eigenvalue weighted by molar-refractivity contribution is 0.0956. The first-order valence-corrected chi connectivity index (χ1v) is 9.18. The second-order valence-electron chi connectivity index (χ2n) is 6.36. The number of hydrogen-bond acceptors (Lipinski definition) is 6. The maximum Gasteiger partial charge on any atom is 0.272 e. The largest absolute Gasteiger partial charge is 0.493 e. The van der Waals surface area contributed by atoms with E-state index in [1.165, 1.54) is 6.21 Å². The zero-order valence-electron chi connectivity index (χ0n) is 16.5. The fourth-order valence-corrected chi connectivity index (χ4v) is 3.07. The summed E-state index contributed by atoms with van der Waals surface area (Å²) in [5.74, 6) is 1.44. The summed E-state index contributed by atoms with van der Waals surface area (Å²) >= 11 is 0. The van der Waals surface area contributed by atoms with E-state index >= 15 is 0 Å². The molecule has 0 aliphatic carbocycles. The third-order valence-electron chi connectivity index (χ3n) is 4.52. The van der Waals surface area contributed by atoms with Crippen LogP contribution in [0.5, 0.6) is 11.5 Å². The fraction of sp³-hybridized carbons (Fsp3) is 0.0870. The number of para-hydroxylation sites is 1. The molecule has 150 valence electrons. The van der Waals surface area contributed by atoms with Crippen LogP contribution >= 0.6 is 0 Å². The molecule has 0 unspecified atom stereocenters. The van der Waals surface area contributed by atoms with Crippen LogP contribution in [-0.4, -0.2) is 31.3 Å². The molecule has 30 heavy (non-hydrogen) atoms. The second kappa shape index (κ2) is 8.48. The van der Waals surface area contributed by atoms with Crippen molar-refractivity contribution in [3.63, 3.8) is 0 Å². The number of nitrogens with zero attached hydrogens (tertiary/aromatic N) is 2. The van der Waals surface area contributed by atoms with E-state index in [9.17, 15) is 4.79 Å². The summed E-state index contributed by atoms with van der Waals surface area (Å²) in [5.41, 5.74) is 5.06. The van der Waals surface area contributed by atoms with Crippen molar-refractivity contribution >= 4 is 23.0 Å². The van der Waals surface area contributed by atoms with Crippen LogP contribution in [0.15, 0.2) is 76.4 Å². The van der Waals surface area contributed by atoms with E-state index in [-0.39, 0.29) is 5.91 Å². The molecule has 0 saturated heterocycles. The van der Waals surface area contributed by atoms with Crippen molar-refractivity contribution in [1.82, 2.24) is 10.4 Å². The van der Waals surface area contributed by atoms with Crippen molar-refractivity contribution in [2.24, 2.45) is 5.10 Å². The number of hydrogen-bond donors (Lipinski definition) is 1. The highest BCUT2D eigenvalue weighted by molar-refractivity contribution is 6.07. The predicted octanol–water partition coefficient (Wildman–Crippen LogP) is 4.28. The maximum absolute atomic E-state index is 12.9. The van der Waals surface area contributed by atoms with Gasteiger partial charge in [0.25, 0.3) is 5.91 Å². The number of fused-ring (bicyclic) bond motifs is 1. The SMILES string of the molecule is COc1ccc(/C=N\NC(=O)c2cc(-c3ccco3)nc3ccccc23)cc1OC. The van der Waals surface area contributed by atoms with Crippen molar-refractivity contribution in [2.75, 3.05) is 14.2 Å². The van der Waals surface area contributed by atoms with Gasteiger partial charge in [0.1, 0.15) is 5.69 Å². The summed E-state index contributed by atoms with van der Waals surface area (Å²) in [6.07, 6.45) is 3.11. The molecule has 4 aromatic rings. The minimum absolute atomic E-state index is 0.349. The Morgan fingerprint density at radius 3 is 2.63 bits per heavy atom. The minimum Gasteiger partial charge on any atom is -0.493 e. The molecule has 0 atom stereocenters. The van der Waals surface area contributed by atoms with Gasteiger partial charge in [0.15, 0.2) is 17.3 Å².